The first-order valence-electron chi connectivity index (χ1n) is 5.42. The van der Waals surface area contributed by atoms with Crippen molar-refractivity contribution >= 4 is 23.1 Å². The van der Waals surface area contributed by atoms with Crippen LogP contribution < -0.4 is 5.73 Å². The van der Waals surface area contributed by atoms with E-state index in [2.05, 4.69) is 17.1 Å². The van der Waals surface area contributed by atoms with Gasteiger partial charge < -0.3 is 10.3 Å². The second-order valence-electron chi connectivity index (χ2n) is 3.88. The van der Waals surface area contributed by atoms with Crippen LogP contribution in [0, 0.1) is 5.92 Å². The molecule has 2 aromatic heterocycles. The molecule has 0 spiro atoms. The van der Waals surface area contributed by atoms with Gasteiger partial charge in [-0.1, -0.05) is 12.1 Å². The molecule has 0 radical (unpaired) electrons. The normalized spacial score (nSPS) is 12.8. The highest BCUT2D eigenvalue weighted by molar-refractivity contribution is 7.98. The number of nitrogens with two attached hydrogens (primary N) is 1. The third-order valence-corrected chi connectivity index (χ3v) is 4.22. The summed E-state index contributed by atoms with van der Waals surface area (Å²) in [4.78, 5) is 4.35. The van der Waals surface area contributed by atoms with Gasteiger partial charge in [0.25, 0.3) is 5.89 Å². The van der Waals surface area contributed by atoms with Gasteiger partial charge in [0.15, 0.2) is 5.82 Å². The lowest BCUT2D eigenvalue weighted by Gasteiger charge is -2.05. The SMILES string of the molecule is CC(CN)CSCc1noc(-c2ccsc2)n1. The molecule has 0 aromatic carbocycles. The van der Waals surface area contributed by atoms with Crippen molar-refractivity contribution in [1.29, 1.82) is 0 Å². The molecule has 2 heterocycles. The van der Waals surface area contributed by atoms with Gasteiger partial charge in [0, 0.05) is 5.38 Å². The van der Waals surface area contributed by atoms with E-state index in [-0.39, 0.29) is 0 Å². The Morgan fingerprint density at radius 3 is 3.18 bits per heavy atom. The summed E-state index contributed by atoms with van der Waals surface area (Å²) in [7, 11) is 0. The summed E-state index contributed by atoms with van der Waals surface area (Å²) in [6.45, 7) is 2.86. The fourth-order valence-corrected chi connectivity index (χ4v) is 2.82. The van der Waals surface area contributed by atoms with E-state index in [9.17, 15) is 0 Å². The first kappa shape index (κ1) is 12.6. The standard InChI is InChI=1S/C11H15N3OS2/c1-8(4-12)5-17-7-10-13-11(15-14-10)9-2-3-16-6-9/h2-3,6,8H,4-5,7,12H2,1H3. The number of rotatable bonds is 6. The van der Waals surface area contributed by atoms with Crippen molar-refractivity contribution in [2.24, 2.45) is 11.7 Å². The molecule has 1 unspecified atom stereocenters. The maximum Gasteiger partial charge on any atom is 0.258 e. The fraction of sp³-hybridized carbons (Fsp3) is 0.455. The third-order valence-electron chi connectivity index (χ3n) is 2.27. The lowest BCUT2D eigenvalue weighted by molar-refractivity contribution is 0.425. The van der Waals surface area contributed by atoms with Crippen LogP contribution in [0.2, 0.25) is 0 Å². The van der Waals surface area contributed by atoms with Gasteiger partial charge in [0.1, 0.15) is 0 Å². The average Bonchev–Trinajstić information content (AvgIpc) is 2.98. The van der Waals surface area contributed by atoms with E-state index in [1.807, 2.05) is 16.8 Å². The number of nitrogens with zero attached hydrogens (tertiary/aromatic N) is 2. The quantitative estimate of drug-likeness (QED) is 0.873. The molecule has 0 saturated carbocycles. The molecule has 0 fully saturated rings. The van der Waals surface area contributed by atoms with Gasteiger partial charge in [0.2, 0.25) is 0 Å². The van der Waals surface area contributed by atoms with Crippen molar-refractivity contribution in [2.45, 2.75) is 12.7 Å². The van der Waals surface area contributed by atoms with Crippen LogP contribution in [0.5, 0.6) is 0 Å². The maximum absolute atomic E-state index is 5.56. The minimum Gasteiger partial charge on any atom is -0.334 e. The van der Waals surface area contributed by atoms with Crippen LogP contribution >= 0.6 is 23.1 Å². The van der Waals surface area contributed by atoms with Gasteiger partial charge in [-0.2, -0.15) is 28.1 Å². The van der Waals surface area contributed by atoms with E-state index in [1.165, 1.54) is 0 Å². The second-order valence-corrected chi connectivity index (χ2v) is 5.69. The molecule has 1 atom stereocenters. The molecular weight excluding hydrogens is 254 g/mol. The highest BCUT2D eigenvalue weighted by Gasteiger charge is 2.09. The van der Waals surface area contributed by atoms with Gasteiger partial charge in [-0.3, -0.25) is 0 Å². The molecule has 0 saturated heterocycles. The maximum atomic E-state index is 5.56. The molecule has 2 aromatic rings. The van der Waals surface area contributed by atoms with Gasteiger partial charge in [-0.05, 0) is 29.7 Å². The first-order valence-corrected chi connectivity index (χ1v) is 7.52. The van der Waals surface area contributed by atoms with E-state index >= 15 is 0 Å². The predicted octanol–water partition coefficient (Wildman–Crippen LogP) is 2.63. The minimum atomic E-state index is 0.531. The number of hydrogen-bond donors (Lipinski definition) is 1. The largest absolute Gasteiger partial charge is 0.334 e. The lowest BCUT2D eigenvalue weighted by Crippen LogP contribution is -2.12. The van der Waals surface area contributed by atoms with Gasteiger partial charge in [-0.25, -0.2) is 0 Å². The van der Waals surface area contributed by atoms with Crippen molar-refractivity contribution in [3.63, 3.8) is 0 Å². The Balaban J connectivity index is 1.87. The Morgan fingerprint density at radius 2 is 2.47 bits per heavy atom. The Hall–Kier alpha value is -0.850. The van der Waals surface area contributed by atoms with E-state index in [0.717, 1.165) is 29.4 Å². The summed E-state index contributed by atoms with van der Waals surface area (Å²) in [5, 5.41) is 7.96. The van der Waals surface area contributed by atoms with Gasteiger partial charge in [0.05, 0.1) is 11.3 Å². The van der Waals surface area contributed by atoms with Crippen LogP contribution in [-0.4, -0.2) is 22.4 Å². The van der Waals surface area contributed by atoms with Crippen molar-refractivity contribution in [3.8, 4) is 11.5 Å². The molecule has 6 heteroatoms. The molecule has 0 bridgehead atoms. The monoisotopic (exact) mass is 269 g/mol. The van der Waals surface area contributed by atoms with Crippen LogP contribution in [0.15, 0.2) is 21.3 Å². The number of thioether (sulfide) groups is 1. The lowest BCUT2D eigenvalue weighted by atomic mass is 10.2. The highest BCUT2D eigenvalue weighted by Crippen LogP contribution is 2.21. The Kier molecular flexibility index (Phi) is 4.58. The molecular formula is C11H15N3OS2. The van der Waals surface area contributed by atoms with Crippen molar-refractivity contribution in [2.75, 3.05) is 12.3 Å². The highest BCUT2D eigenvalue weighted by atomic mass is 32.2. The third kappa shape index (κ3) is 3.55. The molecule has 92 valence electrons. The van der Waals surface area contributed by atoms with E-state index < -0.39 is 0 Å². The Morgan fingerprint density at radius 1 is 1.59 bits per heavy atom. The molecule has 2 N–H and O–H groups in total. The zero-order valence-electron chi connectivity index (χ0n) is 9.63. The van der Waals surface area contributed by atoms with Gasteiger partial charge >= 0.3 is 0 Å². The summed E-state index contributed by atoms with van der Waals surface area (Å²) in [5.41, 5.74) is 6.55. The van der Waals surface area contributed by atoms with E-state index in [0.29, 0.717) is 11.8 Å². The molecule has 0 aliphatic carbocycles. The van der Waals surface area contributed by atoms with Crippen molar-refractivity contribution < 1.29 is 4.52 Å². The van der Waals surface area contributed by atoms with E-state index in [4.69, 9.17) is 10.3 Å². The van der Waals surface area contributed by atoms with Crippen LogP contribution in [0.3, 0.4) is 0 Å². The van der Waals surface area contributed by atoms with E-state index in [1.54, 1.807) is 23.1 Å². The molecule has 0 aliphatic rings. The molecule has 0 aliphatic heterocycles. The summed E-state index contributed by atoms with van der Waals surface area (Å²) < 4.78 is 5.20. The summed E-state index contributed by atoms with van der Waals surface area (Å²) >= 11 is 3.41. The fourth-order valence-electron chi connectivity index (χ4n) is 1.24. The Bertz CT molecular complexity index is 441. The second kappa shape index (κ2) is 6.18. The minimum absolute atomic E-state index is 0.531. The summed E-state index contributed by atoms with van der Waals surface area (Å²) in [6.07, 6.45) is 0. The zero-order chi connectivity index (χ0) is 12.1. The summed E-state index contributed by atoms with van der Waals surface area (Å²) in [5.74, 6) is 3.69. The Labute approximate surface area is 109 Å². The average molecular weight is 269 g/mol. The topological polar surface area (TPSA) is 64.9 Å². The number of thiophene rings is 1. The predicted molar refractivity (Wildman–Crippen MR) is 72.0 cm³/mol. The summed E-state index contributed by atoms with van der Waals surface area (Å²) in [6, 6.07) is 1.98. The van der Waals surface area contributed by atoms with Crippen LogP contribution in [-0.2, 0) is 5.75 Å². The smallest absolute Gasteiger partial charge is 0.258 e. The number of aromatic nitrogens is 2. The van der Waals surface area contributed by atoms with Crippen LogP contribution in [0.4, 0.5) is 0 Å². The molecule has 0 amide bonds. The van der Waals surface area contributed by atoms with Gasteiger partial charge in [-0.15, -0.1) is 0 Å². The van der Waals surface area contributed by atoms with Crippen LogP contribution in [0.25, 0.3) is 11.5 Å². The molecule has 4 nitrogen and oxygen atoms in total. The van der Waals surface area contributed by atoms with Crippen LogP contribution in [0.1, 0.15) is 12.7 Å². The molecule has 2 rings (SSSR count). The number of hydrogen-bond acceptors (Lipinski definition) is 6. The first-order chi connectivity index (χ1) is 8.29. The van der Waals surface area contributed by atoms with Crippen molar-refractivity contribution in [3.05, 3.63) is 22.7 Å². The zero-order valence-corrected chi connectivity index (χ0v) is 11.3. The van der Waals surface area contributed by atoms with Crippen molar-refractivity contribution in [1.82, 2.24) is 10.1 Å². The molecule has 17 heavy (non-hydrogen) atoms.